The number of nitrogens with zero attached hydrogens (tertiary/aromatic N) is 2. The molecule has 0 aliphatic carbocycles. The van der Waals surface area contributed by atoms with Gasteiger partial charge in [0.1, 0.15) is 0 Å². The molecule has 3 rings (SSSR count). The fourth-order valence-electron chi connectivity index (χ4n) is 4.57. The van der Waals surface area contributed by atoms with Gasteiger partial charge in [0.15, 0.2) is 11.5 Å². The smallest absolute Gasteiger partial charge is 0.211 e. The third kappa shape index (κ3) is 4.45. The zero-order valence-corrected chi connectivity index (χ0v) is 18.1. The lowest BCUT2D eigenvalue weighted by atomic mass is 9.73. The van der Waals surface area contributed by atoms with Gasteiger partial charge in [-0.3, -0.25) is 4.90 Å². The summed E-state index contributed by atoms with van der Waals surface area (Å²) in [6.07, 6.45) is 2.24. The van der Waals surface area contributed by atoms with Crippen molar-refractivity contribution in [3.8, 4) is 11.5 Å². The van der Waals surface area contributed by atoms with Crippen molar-refractivity contribution in [3.63, 3.8) is 0 Å². The predicted molar refractivity (Wildman–Crippen MR) is 108 cm³/mol. The van der Waals surface area contributed by atoms with Gasteiger partial charge in [-0.15, -0.1) is 0 Å². The van der Waals surface area contributed by atoms with Crippen molar-refractivity contribution in [2.24, 2.45) is 11.3 Å². The standard InChI is InChI=1S/C20H32N2O5S/c1-5-27-18-7-6-16(10-19(18)26-3)11-21-9-8-20(15-25-2)14-22(28(4,23)24)13-17(20)12-21/h6-7,10,17H,5,8-9,11-15H2,1-4H3/t17-,20+/m1/s1. The molecule has 8 heteroatoms. The number of piperidine rings is 1. The molecule has 2 fully saturated rings. The minimum Gasteiger partial charge on any atom is -0.493 e. The normalized spacial score (nSPS) is 26.2. The van der Waals surface area contributed by atoms with Crippen molar-refractivity contribution < 1.29 is 22.6 Å². The first-order valence-corrected chi connectivity index (χ1v) is 11.6. The molecule has 2 aliphatic heterocycles. The lowest BCUT2D eigenvalue weighted by Gasteiger charge is -2.43. The molecule has 2 heterocycles. The zero-order chi connectivity index (χ0) is 20.4. The van der Waals surface area contributed by atoms with Crippen molar-refractivity contribution >= 4 is 10.0 Å². The summed E-state index contributed by atoms with van der Waals surface area (Å²) in [5.41, 5.74) is 1.09. The van der Waals surface area contributed by atoms with Gasteiger partial charge in [-0.05, 0) is 43.5 Å². The Labute approximate surface area is 168 Å². The van der Waals surface area contributed by atoms with Gasteiger partial charge in [-0.2, -0.15) is 0 Å². The molecule has 0 aromatic heterocycles. The zero-order valence-electron chi connectivity index (χ0n) is 17.3. The average molecular weight is 413 g/mol. The van der Waals surface area contributed by atoms with Gasteiger partial charge in [0.25, 0.3) is 0 Å². The van der Waals surface area contributed by atoms with E-state index in [0.29, 0.717) is 26.3 Å². The fraction of sp³-hybridized carbons (Fsp3) is 0.700. The lowest BCUT2D eigenvalue weighted by molar-refractivity contribution is -0.00110. The molecule has 7 nitrogen and oxygen atoms in total. The summed E-state index contributed by atoms with van der Waals surface area (Å²) in [6.45, 7) is 6.89. The van der Waals surface area contributed by atoms with E-state index in [9.17, 15) is 8.42 Å². The topological polar surface area (TPSA) is 68.3 Å². The number of rotatable bonds is 8. The van der Waals surface area contributed by atoms with E-state index in [-0.39, 0.29) is 11.3 Å². The first-order valence-electron chi connectivity index (χ1n) is 9.77. The third-order valence-corrected chi connectivity index (χ3v) is 7.24. The number of methoxy groups -OCH3 is 2. The van der Waals surface area contributed by atoms with Crippen LogP contribution in [0, 0.1) is 11.3 Å². The molecule has 0 spiro atoms. The van der Waals surface area contributed by atoms with Gasteiger partial charge >= 0.3 is 0 Å². The molecule has 0 amide bonds. The van der Waals surface area contributed by atoms with Crippen molar-refractivity contribution in [1.82, 2.24) is 9.21 Å². The molecule has 0 unspecified atom stereocenters. The summed E-state index contributed by atoms with van der Waals surface area (Å²) < 4.78 is 42.4. The van der Waals surface area contributed by atoms with Gasteiger partial charge < -0.3 is 14.2 Å². The van der Waals surface area contributed by atoms with Crippen LogP contribution in [0.25, 0.3) is 0 Å². The molecule has 0 N–H and O–H groups in total. The number of sulfonamides is 1. The molecular weight excluding hydrogens is 380 g/mol. The predicted octanol–water partition coefficient (Wildman–Crippen LogP) is 1.82. The largest absolute Gasteiger partial charge is 0.493 e. The summed E-state index contributed by atoms with van der Waals surface area (Å²) >= 11 is 0. The highest BCUT2D eigenvalue weighted by atomic mass is 32.2. The summed E-state index contributed by atoms with van der Waals surface area (Å²) in [5, 5.41) is 0. The summed E-state index contributed by atoms with van der Waals surface area (Å²) in [6, 6.07) is 6.05. The minimum absolute atomic E-state index is 0.0785. The molecular formula is C20H32N2O5S. The van der Waals surface area contributed by atoms with E-state index in [1.807, 2.05) is 19.1 Å². The Bertz CT molecular complexity index is 785. The van der Waals surface area contributed by atoms with E-state index < -0.39 is 10.0 Å². The van der Waals surface area contributed by atoms with Crippen LogP contribution < -0.4 is 9.47 Å². The third-order valence-electron chi connectivity index (χ3n) is 6.02. The lowest BCUT2D eigenvalue weighted by Crippen LogP contribution is -2.48. The SMILES string of the molecule is CCOc1ccc(CN2CC[C@@]3(COC)CN(S(C)(=O)=O)C[C@H]3C2)cc1OC. The Morgan fingerprint density at radius 2 is 2.00 bits per heavy atom. The van der Waals surface area contributed by atoms with Crippen LogP contribution in [-0.2, 0) is 21.3 Å². The molecule has 2 aliphatic rings. The molecule has 0 bridgehead atoms. The van der Waals surface area contributed by atoms with Gasteiger partial charge in [-0.1, -0.05) is 6.07 Å². The number of likely N-dealkylation sites (tertiary alicyclic amines) is 1. The number of hydrogen-bond acceptors (Lipinski definition) is 6. The van der Waals surface area contributed by atoms with E-state index in [0.717, 1.165) is 43.1 Å². The molecule has 1 aromatic rings. The van der Waals surface area contributed by atoms with Crippen LogP contribution in [0.2, 0.25) is 0 Å². The maximum absolute atomic E-state index is 12.1. The van der Waals surface area contributed by atoms with Crippen LogP contribution in [0.5, 0.6) is 11.5 Å². The number of benzene rings is 1. The van der Waals surface area contributed by atoms with Crippen LogP contribution >= 0.6 is 0 Å². The Morgan fingerprint density at radius 3 is 2.64 bits per heavy atom. The minimum atomic E-state index is -3.18. The van der Waals surface area contributed by atoms with Gasteiger partial charge in [-0.25, -0.2) is 12.7 Å². The highest BCUT2D eigenvalue weighted by molar-refractivity contribution is 7.88. The first-order chi connectivity index (χ1) is 13.3. The molecule has 0 saturated carbocycles. The van der Waals surface area contributed by atoms with E-state index in [4.69, 9.17) is 14.2 Å². The van der Waals surface area contributed by atoms with E-state index in [1.165, 1.54) is 6.26 Å². The molecule has 158 valence electrons. The van der Waals surface area contributed by atoms with Crippen LogP contribution in [0.3, 0.4) is 0 Å². The number of ether oxygens (including phenoxy) is 3. The highest BCUT2D eigenvalue weighted by Crippen LogP contribution is 2.44. The Hall–Kier alpha value is -1.35. The molecule has 2 saturated heterocycles. The van der Waals surface area contributed by atoms with Gasteiger partial charge in [0, 0.05) is 38.7 Å². The van der Waals surface area contributed by atoms with Crippen molar-refractivity contribution in [3.05, 3.63) is 23.8 Å². The molecule has 2 atom stereocenters. The Balaban J connectivity index is 1.72. The monoisotopic (exact) mass is 412 g/mol. The van der Waals surface area contributed by atoms with E-state index in [2.05, 4.69) is 11.0 Å². The van der Waals surface area contributed by atoms with Crippen LogP contribution in [-0.4, -0.2) is 77.5 Å². The first kappa shape index (κ1) is 21.4. The quantitative estimate of drug-likeness (QED) is 0.649. The maximum Gasteiger partial charge on any atom is 0.211 e. The summed E-state index contributed by atoms with van der Waals surface area (Å²) in [4.78, 5) is 2.40. The Kier molecular flexibility index (Phi) is 6.54. The number of hydrogen-bond donors (Lipinski definition) is 0. The van der Waals surface area contributed by atoms with Crippen LogP contribution in [0.15, 0.2) is 18.2 Å². The van der Waals surface area contributed by atoms with Crippen molar-refractivity contribution in [2.45, 2.75) is 19.9 Å². The van der Waals surface area contributed by atoms with Crippen LogP contribution in [0.4, 0.5) is 0 Å². The fourth-order valence-corrected chi connectivity index (χ4v) is 5.51. The highest BCUT2D eigenvalue weighted by Gasteiger charge is 2.51. The number of fused-ring (bicyclic) bond motifs is 1. The van der Waals surface area contributed by atoms with Gasteiger partial charge in [0.2, 0.25) is 10.0 Å². The second kappa shape index (κ2) is 8.57. The maximum atomic E-state index is 12.1. The van der Waals surface area contributed by atoms with Crippen molar-refractivity contribution in [2.75, 3.05) is 59.9 Å². The second-order valence-electron chi connectivity index (χ2n) is 7.95. The summed E-state index contributed by atoms with van der Waals surface area (Å²) in [5.74, 6) is 1.78. The average Bonchev–Trinajstić information content (AvgIpc) is 3.03. The molecule has 1 aromatic carbocycles. The summed E-state index contributed by atoms with van der Waals surface area (Å²) in [7, 11) is 0.171. The molecule has 0 radical (unpaired) electrons. The van der Waals surface area contributed by atoms with Crippen LogP contribution in [0.1, 0.15) is 18.9 Å². The van der Waals surface area contributed by atoms with Crippen molar-refractivity contribution in [1.29, 1.82) is 0 Å². The van der Waals surface area contributed by atoms with Gasteiger partial charge in [0.05, 0.1) is 26.6 Å². The Morgan fingerprint density at radius 1 is 1.21 bits per heavy atom. The molecule has 28 heavy (non-hydrogen) atoms. The van der Waals surface area contributed by atoms with E-state index >= 15 is 0 Å². The van der Waals surface area contributed by atoms with E-state index in [1.54, 1.807) is 18.5 Å². The second-order valence-corrected chi connectivity index (χ2v) is 9.93.